The Morgan fingerprint density at radius 1 is 0.408 bits per heavy atom. The molecule has 1 fully saturated rings. The van der Waals surface area contributed by atoms with E-state index in [4.69, 9.17) is 9.47 Å². The van der Waals surface area contributed by atoms with E-state index in [1.165, 1.54) is 263 Å². The zero-order chi connectivity index (χ0) is 55.4. The van der Waals surface area contributed by atoms with Crippen molar-refractivity contribution in [2.75, 3.05) is 13.2 Å². The molecule has 11 nitrogen and oxygen atoms in total. The van der Waals surface area contributed by atoms with Crippen LogP contribution in [0.2, 0.25) is 0 Å². The molecule has 0 radical (unpaired) electrons. The Bertz CT molecular complexity index is 1200. The molecular weight excluding hydrogens is 955 g/mol. The van der Waals surface area contributed by atoms with E-state index in [2.05, 4.69) is 19.2 Å². The highest BCUT2D eigenvalue weighted by Gasteiger charge is 2.44. The molecule has 0 aromatic rings. The summed E-state index contributed by atoms with van der Waals surface area (Å²) < 4.78 is 11.2. The van der Waals surface area contributed by atoms with Gasteiger partial charge < -0.3 is 50.5 Å². The molecular formula is C65H129NO10. The molecule has 1 saturated heterocycles. The van der Waals surface area contributed by atoms with Crippen LogP contribution in [0.15, 0.2) is 0 Å². The molecule has 1 aliphatic rings. The minimum atomic E-state index is -1.66. The summed E-state index contributed by atoms with van der Waals surface area (Å²) in [5.74, 6) is -0.687. The molecule has 1 aliphatic heterocycles. The van der Waals surface area contributed by atoms with Gasteiger partial charge in [-0.05, 0) is 12.8 Å². The van der Waals surface area contributed by atoms with Gasteiger partial charge in [-0.3, -0.25) is 4.79 Å². The summed E-state index contributed by atoms with van der Waals surface area (Å²) in [6, 6.07) is -1.16. The number of carbonyl (C=O) groups excluding carboxylic acids is 1. The van der Waals surface area contributed by atoms with E-state index in [-0.39, 0.29) is 6.42 Å². The molecule has 0 aromatic carbocycles. The van der Waals surface area contributed by atoms with Gasteiger partial charge in [-0.15, -0.1) is 0 Å². The van der Waals surface area contributed by atoms with Gasteiger partial charge in [0.15, 0.2) is 6.29 Å². The van der Waals surface area contributed by atoms with Crippen molar-refractivity contribution in [2.24, 2.45) is 0 Å². The fraction of sp³-hybridized carbons (Fsp3) is 0.985. The van der Waals surface area contributed by atoms with Gasteiger partial charge in [-0.2, -0.15) is 0 Å². The lowest BCUT2D eigenvalue weighted by molar-refractivity contribution is -0.303. The van der Waals surface area contributed by atoms with Crippen LogP contribution in [0.3, 0.4) is 0 Å². The Morgan fingerprint density at radius 2 is 0.684 bits per heavy atom. The van der Waals surface area contributed by atoms with E-state index in [1.54, 1.807) is 0 Å². The van der Waals surface area contributed by atoms with Crippen molar-refractivity contribution < 1.29 is 50.0 Å². The maximum Gasteiger partial charge on any atom is 0.249 e. The molecule has 0 bridgehead atoms. The molecule has 454 valence electrons. The first kappa shape index (κ1) is 73.1. The first-order valence-corrected chi connectivity index (χ1v) is 33.4. The van der Waals surface area contributed by atoms with Crippen LogP contribution in [0.25, 0.3) is 0 Å². The first-order chi connectivity index (χ1) is 37.2. The Hall–Kier alpha value is -0.890. The number of amides is 1. The second kappa shape index (κ2) is 54.7. The van der Waals surface area contributed by atoms with Crippen molar-refractivity contribution in [3.63, 3.8) is 0 Å². The van der Waals surface area contributed by atoms with Crippen LogP contribution in [-0.4, -0.2) is 110 Å². The third-order valence-corrected chi connectivity index (χ3v) is 16.7. The topological polar surface area (TPSA) is 189 Å². The number of ether oxygens (including phenoxy) is 2. The molecule has 11 heteroatoms. The molecule has 1 heterocycles. The van der Waals surface area contributed by atoms with Crippen molar-refractivity contribution in [3.05, 3.63) is 0 Å². The van der Waals surface area contributed by atoms with Gasteiger partial charge in [-0.25, -0.2) is 0 Å². The average Bonchev–Trinajstić information content (AvgIpc) is 3.42. The maximum absolute atomic E-state index is 13.2. The molecule has 8 N–H and O–H groups in total. The third kappa shape index (κ3) is 42.0. The fourth-order valence-corrected chi connectivity index (χ4v) is 11.3. The van der Waals surface area contributed by atoms with Gasteiger partial charge in [0.25, 0.3) is 0 Å². The first-order valence-electron chi connectivity index (χ1n) is 33.4. The van der Waals surface area contributed by atoms with E-state index in [9.17, 15) is 40.5 Å². The van der Waals surface area contributed by atoms with Crippen LogP contribution in [0.5, 0.6) is 0 Å². The molecule has 9 unspecified atom stereocenters. The second-order valence-electron chi connectivity index (χ2n) is 23.9. The van der Waals surface area contributed by atoms with E-state index < -0.39 is 74.2 Å². The number of aliphatic hydroxyl groups excluding tert-OH is 7. The number of aliphatic hydroxyl groups is 7. The fourth-order valence-electron chi connectivity index (χ4n) is 11.3. The molecule has 76 heavy (non-hydrogen) atoms. The summed E-state index contributed by atoms with van der Waals surface area (Å²) in [5, 5.41) is 76.5. The molecule has 0 spiro atoms. The minimum Gasteiger partial charge on any atom is -0.394 e. The highest BCUT2D eigenvalue weighted by molar-refractivity contribution is 5.80. The number of hydrogen-bond acceptors (Lipinski definition) is 10. The molecule has 0 saturated carbocycles. The highest BCUT2D eigenvalue weighted by atomic mass is 16.7. The van der Waals surface area contributed by atoms with Crippen LogP contribution in [-0.2, 0) is 14.3 Å². The zero-order valence-electron chi connectivity index (χ0n) is 50.0. The van der Waals surface area contributed by atoms with Crippen LogP contribution in [0.1, 0.15) is 341 Å². The summed E-state index contributed by atoms with van der Waals surface area (Å²) in [6.07, 6.45) is 53.1. The number of nitrogens with one attached hydrogen (secondary N) is 1. The molecule has 9 atom stereocenters. The summed E-state index contributed by atoms with van der Waals surface area (Å²) in [6.45, 7) is 3.52. The SMILES string of the molecule is CCCCCCCCCCCCCCCCCCCCCCCCCCCC(O)C(O)C(COC1OC(CO)C(O)C(O)C1O)NC(=O)C(O)CCCCCCCCCCCCCCCCCCCCCCCCCC. The van der Waals surface area contributed by atoms with E-state index in [0.717, 1.165) is 38.5 Å². The molecule has 1 rings (SSSR count). The lowest BCUT2D eigenvalue weighted by Crippen LogP contribution is -2.60. The Labute approximate surface area is 469 Å². The summed E-state index contributed by atoms with van der Waals surface area (Å²) in [7, 11) is 0. The zero-order valence-corrected chi connectivity index (χ0v) is 50.0. The summed E-state index contributed by atoms with van der Waals surface area (Å²) >= 11 is 0. The van der Waals surface area contributed by atoms with Crippen molar-refractivity contribution in [1.82, 2.24) is 5.32 Å². The van der Waals surface area contributed by atoms with E-state index in [1.807, 2.05) is 0 Å². The predicted octanol–water partition coefficient (Wildman–Crippen LogP) is 15.3. The Balaban J connectivity index is 2.22. The van der Waals surface area contributed by atoms with Crippen LogP contribution in [0.4, 0.5) is 0 Å². The van der Waals surface area contributed by atoms with Gasteiger partial charge in [0.2, 0.25) is 5.91 Å². The smallest absolute Gasteiger partial charge is 0.249 e. The highest BCUT2D eigenvalue weighted by Crippen LogP contribution is 2.24. The van der Waals surface area contributed by atoms with Crippen LogP contribution >= 0.6 is 0 Å². The lowest BCUT2D eigenvalue weighted by Gasteiger charge is -2.40. The van der Waals surface area contributed by atoms with Gasteiger partial charge in [0, 0.05) is 0 Å². The Morgan fingerprint density at radius 3 is 0.974 bits per heavy atom. The standard InChI is InChI=1S/C65H129NO10/c1-3-5-7-9-11-13-15-17-19-21-23-25-27-29-31-32-34-36-38-40-42-44-46-48-50-52-57(68)60(70)56(55-75-65-63(73)62(72)61(71)59(54-67)76-65)66-64(74)58(69)53-51-49-47-45-43-41-39-37-35-33-30-28-26-24-22-20-18-16-14-12-10-8-6-4-2/h56-63,65,67-73H,3-55H2,1-2H3,(H,66,74). The van der Waals surface area contributed by atoms with Gasteiger partial charge in [0.1, 0.15) is 36.6 Å². The predicted molar refractivity (Wildman–Crippen MR) is 316 cm³/mol. The minimum absolute atomic E-state index is 0.267. The number of carbonyl (C=O) groups is 1. The number of rotatable bonds is 59. The monoisotopic (exact) mass is 1080 g/mol. The van der Waals surface area contributed by atoms with Crippen LogP contribution in [0, 0.1) is 0 Å². The lowest BCUT2D eigenvalue weighted by atomic mass is 9.98. The molecule has 0 aromatic heterocycles. The number of unbranched alkanes of at least 4 members (excludes halogenated alkanes) is 47. The second-order valence-corrected chi connectivity index (χ2v) is 23.9. The van der Waals surface area contributed by atoms with E-state index in [0.29, 0.717) is 19.3 Å². The number of hydrogen-bond donors (Lipinski definition) is 8. The van der Waals surface area contributed by atoms with Crippen molar-refractivity contribution in [3.8, 4) is 0 Å². The van der Waals surface area contributed by atoms with Crippen LogP contribution < -0.4 is 5.32 Å². The normalized spacial score (nSPS) is 19.5. The third-order valence-electron chi connectivity index (χ3n) is 16.7. The maximum atomic E-state index is 13.2. The molecule has 0 aliphatic carbocycles. The van der Waals surface area contributed by atoms with Crippen molar-refractivity contribution in [1.29, 1.82) is 0 Å². The van der Waals surface area contributed by atoms with Gasteiger partial charge in [0.05, 0.1) is 25.4 Å². The average molecular weight is 1080 g/mol. The Kier molecular flexibility index (Phi) is 52.6. The van der Waals surface area contributed by atoms with Gasteiger partial charge >= 0.3 is 0 Å². The largest absolute Gasteiger partial charge is 0.394 e. The molecule has 1 amide bonds. The van der Waals surface area contributed by atoms with E-state index >= 15 is 0 Å². The quantitative estimate of drug-likeness (QED) is 0.0272. The summed E-state index contributed by atoms with van der Waals surface area (Å²) in [5.41, 5.74) is 0. The van der Waals surface area contributed by atoms with Crippen molar-refractivity contribution in [2.45, 2.75) is 396 Å². The summed E-state index contributed by atoms with van der Waals surface area (Å²) in [4.78, 5) is 13.2. The van der Waals surface area contributed by atoms with Crippen molar-refractivity contribution >= 4 is 5.91 Å². The van der Waals surface area contributed by atoms with Gasteiger partial charge in [-0.1, -0.05) is 328 Å².